The van der Waals surface area contributed by atoms with Gasteiger partial charge in [-0.05, 0) is 31.4 Å². The first-order valence-corrected chi connectivity index (χ1v) is 6.41. The topological polar surface area (TPSA) is 54.0 Å². The average molecular weight is 249 g/mol. The zero-order valence-corrected chi connectivity index (χ0v) is 11.7. The highest BCUT2D eigenvalue weighted by Crippen LogP contribution is 2.02. The van der Waals surface area contributed by atoms with Crippen molar-refractivity contribution in [1.82, 2.24) is 15.6 Å². The second-order valence-electron chi connectivity index (χ2n) is 4.97. The maximum Gasteiger partial charge on any atom is 0.234 e. The third-order valence-corrected chi connectivity index (χ3v) is 3.08. The van der Waals surface area contributed by atoms with Crippen LogP contribution in [0.5, 0.6) is 0 Å². The lowest BCUT2D eigenvalue weighted by atomic mass is 10.1. The number of rotatable bonds is 6. The molecule has 1 atom stereocenters. The van der Waals surface area contributed by atoms with Crippen LogP contribution in [-0.2, 0) is 11.3 Å². The van der Waals surface area contributed by atoms with Crippen molar-refractivity contribution in [1.29, 1.82) is 0 Å². The maximum atomic E-state index is 11.6. The summed E-state index contributed by atoms with van der Waals surface area (Å²) < 4.78 is 0. The van der Waals surface area contributed by atoms with Crippen molar-refractivity contribution in [3.8, 4) is 0 Å². The van der Waals surface area contributed by atoms with E-state index in [1.807, 2.05) is 26.0 Å². The molecule has 2 N–H and O–H groups in total. The van der Waals surface area contributed by atoms with Crippen molar-refractivity contribution in [3.05, 3.63) is 29.6 Å². The molecule has 4 heteroatoms. The van der Waals surface area contributed by atoms with Gasteiger partial charge in [-0.15, -0.1) is 0 Å². The summed E-state index contributed by atoms with van der Waals surface area (Å²) in [4.78, 5) is 15.9. The van der Waals surface area contributed by atoms with Gasteiger partial charge < -0.3 is 10.6 Å². The predicted octanol–water partition coefficient (Wildman–Crippen LogP) is 1.64. The highest BCUT2D eigenvalue weighted by atomic mass is 16.1. The van der Waals surface area contributed by atoms with Gasteiger partial charge in [0.05, 0.1) is 12.2 Å². The predicted molar refractivity (Wildman–Crippen MR) is 73.1 cm³/mol. The summed E-state index contributed by atoms with van der Waals surface area (Å²) >= 11 is 0. The van der Waals surface area contributed by atoms with Gasteiger partial charge in [0.15, 0.2) is 0 Å². The Labute approximate surface area is 109 Å². The number of carbonyl (C=O) groups excluding carboxylic acids is 1. The lowest BCUT2D eigenvalue weighted by Crippen LogP contribution is -2.41. The Morgan fingerprint density at radius 1 is 1.39 bits per heavy atom. The first-order chi connectivity index (χ1) is 8.50. The van der Waals surface area contributed by atoms with Crippen LogP contribution in [0.3, 0.4) is 0 Å². The van der Waals surface area contributed by atoms with E-state index >= 15 is 0 Å². The van der Waals surface area contributed by atoms with Gasteiger partial charge >= 0.3 is 0 Å². The largest absolute Gasteiger partial charge is 0.352 e. The van der Waals surface area contributed by atoms with E-state index in [0.29, 0.717) is 19.0 Å². The summed E-state index contributed by atoms with van der Waals surface area (Å²) in [6, 6.07) is 4.14. The first-order valence-electron chi connectivity index (χ1n) is 6.41. The van der Waals surface area contributed by atoms with Crippen molar-refractivity contribution in [2.45, 2.75) is 40.3 Å². The van der Waals surface area contributed by atoms with Gasteiger partial charge in [-0.25, -0.2) is 0 Å². The number of hydrogen-bond donors (Lipinski definition) is 2. The number of carbonyl (C=O) groups is 1. The lowest BCUT2D eigenvalue weighted by molar-refractivity contribution is -0.121. The number of nitrogens with zero attached hydrogens (tertiary/aromatic N) is 1. The van der Waals surface area contributed by atoms with Crippen LogP contribution in [0.25, 0.3) is 0 Å². The number of nitrogens with one attached hydrogen (secondary N) is 2. The molecule has 1 aromatic heterocycles. The second kappa shape index (κ2) is 7.11. The van der Waals surface area contributed by atoms with Gasteiger partial charge in [-0.2, -0.15) is 0 Å². The van der Waals surface area contributed by atoms with Crippen molar-refractivity contribution >= 4 is 5.91 Å². The molecule has 4 nitrogen and oxygen atoms in total. The SMILES string of the molecule is Cc1cccnc1CNCC(=O)NC(C)C(C)C. The van der Waals surface area contributed by atoms with Crippen LogP contribution in [0.1, 0.15) is 32.0 Å². The van der Waals surface area contributed by atoms with Crippen LogP contribution < -0.4 is 10.6 Å². The fourth-order valence-corrected chi connectivity index (χ4v) is 1.47. The van der Waals surface area contributed by atoms with Gasteiger partial charge in [-0.1, -0.05) is 19.9 Å². The Morgan fingerprint density at radius 2 is 2.11 bits per heavy atom. The third-order valence-electron chi connectivity index (χ3n) is 3.08. The van der Waals surface area contributed by atoms with Crippen LogP contribution in [0.15, 0.2) is 18.3 Å². The summed E-state index contributed by atoms with van der Waals surface area (Å²) in [5, 5.41) is 6.07. The fourth-order valence-electron chi connectivity index (χ4n) is 1.47. The van der Waals surface area contributed by atoms with E-state index in [4.69, 9.17) is 0 Å². The minimum Gasteiger partial charge on any atom is -0.352 e. The van der Waals surface area contributed by atoms with Crippen LogP contribution in [-0.4, -0.2) is 23.5 Å². The number of hydrogen-bond acceptors (Lipinski definition) is 3. The monoisotopic (exact) mass is 249 g/mol. The molecule has 0 aliphatic heterocycles. The molecule has 0 spiro atoms. The van der Waals surface area contributed by atoms with Crippen molar-refractivity contribution in [2.24, 2.45) is 5.92 Å². The fraction of sp³-hybridized carbons (Fsp3) is 0.571. The Kier molecular flexibility index (Phi) is 5.78. The number of pyridine rings is 1. The number of aryl methyl sites for hydroxylation is 1. The molecular weight excluding hydrogens is 226 g/mol. The zero-order valence-electron chi connectivity index (χ0n) is 11.7. The third kappa shape index (κ3) is 4.84. The van der Waals surface area contributed by atoms with Crippen LogP contribution >= 0.6 is 0 Å². The normalized spacial score (nSPS) is 12.5. The maximum absolute atomic E-state index is 11.6. The molecule has 1 unspecified atom stereocenters. The molecule has 0 fully saturated rings. The molecule has 18 heavy (non-hydrogen) atoms. The molecule has 100 valence electrons. The summed E-state index contributed by atoms with van der Waals surface area (Å²) in [6.45, 7) is 9.17. The summed E-state index contributed by atoms with van der Waals surface area (Å²) in [5.74, 6) is 0.483. The summed E-state index contributed by atoms with van der Waals surface area (Å²) in [5.41, 5.74) is 2.13. The molecule has 1 rings (SSSR count). The standard InChI is InChI=1S/C14H23N3O/c1-10(2)12(4)17-14(18)9-15-8-13-11(3)6-5-7-16-13/h5-7,10,12,15H,8-9H2,1-4H3,(H,17,18). The molecule has 0 aliphatic rings. The lowest BCUT2D eigenvalue weighted by Gasteiger charge is -2.17. The molecule has 0 aromatic carbocycles. The van der Waals surface area contributed by atoms with Gasteiger partial charge in [0.25, 0.3) is 0 Å². The summed E-state index contributed by atoms with van der Waals surface area (Å²) in [6.07, 6.45) is 1.77. The Morgan fingerprint density at radius 3 is 2.72 bits per heavy atom. The van der Waals surface area contributed by atoms with Crippen molar-refractivity contribution in [2.75, 3.05) is 6.54 Å². The van der Waals surface area contributed by atoms with Crippen molar-refractivity contribution in [3.63, 3.8) is 0 Å². The van der Waals surface area contributed by atoms with E-state index < -0.39 is 0 Å². The quantitative estimate of drug-likeness (QED) is 0.806. The highest BCUT2D eigenvalue weighted by Gasteiger charge is 2.10. The van der Waals surface area contributed by atoms with Gasteiger partial charge in [-0.3, -0.25) is 9.78 Å². The number of amides is 1. The Balaban J connectivity index is 2.30. The second-order valence-corrected chi connectivity index (χ2v) is 4.97. The van der Waals surface area contributed by atoms with E-state index in [1.165, 1.54) is 0 Å². The van der Waals surface area contributed by atoms with E-state index in [1.54, 1.807) is 6.20 Å². The molecule has 0 saturated carbocycles. The smallest absolute Gasteiger partial charge is 0.234 e. The molecule has 1 heterocycles. The molecular formula is C14H23N3O. The molecule has 0 saturated heterocycles. The Bertz CT molecular complexity index is 390. The van der Waals surface area contributed by atoms with Crippen LogP contribution in [0.2, 0.25) is 0 Å². The molecule has 0 bridgehead atoms. The first kappa shape index (κ1) is 14.6. The molecule has 1 amide bonds. The Hall–Kier alpha value is -1.42. The highest BCUT2D eigenvalue weighted by molar-refractivity contribution is 5.78. The van der Waals surface area contributed by atoms with E-state index in [2.05, 4.69) is 29.5 Å². The van der Waals surface area contributed by atoms with E-state index in [0.717, 1.165) is 11.3 Å². The van der Waals surface area contributed by atoms with E-state index in [-0.39, 0.29) is 11.9 Å². The van der Waals surface area contributed by atoms with E-state index in [9.17, 15) is 4.79 Å². The zero-order chi connectivity index (χ0) is 13.5. The number of aromatic nitrogens is 1. The molecule has 0 radical (unpaired) electrons. The van der Waals surface area contributed by atoms with Crippen LogP contribution in [0, 0.1) is 12.8 Å². The molecule has 1 aromatic rings. The minimum atomic E-state index is 0.0322. The van der Waals surface area contributed by atoms with Crippen molar-refractivity contribution < 1.29 is 4.79 Å². The minimum absolute atomic E-state index is 0.0322. The molecule has 0 aliphatic carbocycles. The summed E-state index contributed by atoms with van der Waals surface area (Å²) in [7, 11) is 0. The van der Waals surface area contributed by atoms with Crippen LogP contribution in [0.4, 0.5) is 0 Å². The van der Waals surface area contributed by atoms with Gasteiger partial charge in [0.1, 0.15) is 0 Å². The average Bonchev–Trinajstić information content (AvgIpc) is 2.31. The van der Waals surface area contributed by atoms with Gasteiger partial charge in [0.2, 0.25) is 5.91 Å². The van der Waals surface area contributed by atoms with Gasteiger partial charge in [0, 0.05) is 18.8 Å².